The number of ether oxygens (including phenoxy) is 2. The van der Waals surface area contributed by atoms with Crippen LogP contribution in [0.1, 0.15) is 32.1 Å². The number of aliphatic hydroxyl groups excluding tert-OH is 1. The van der Waals surface area contributed by atoms with Crippen molar-refractivity contribution in [2.45, 2.75) is 32.1 Å². The molecular formula is C16H24N2O4. The van der Waals surface area contributed by atoms with Crippen molar-refractivity contribution >= 4 is 5.97 Å². The van der Waals surface area contributed by atoms with E-state index in [4.69, 9.17) is 14.6 Å². The van der Waals surface area contributed by atoms with Gasteiger partial charge in [0.25, 0.3) is 0 Å². The van der Waals surface area contributed by atoms with Gasteiger partial charge in [0.1, 0.15) is 11.6 Å². The van der Waals surface area contributed by atoms with Crippen LogP contribution in [0, 0.1) is 11.3 Å². The van der Waals surface area contributed by atoms with Crippen LogP contribution in [0.15, 0.2) is 22.9 Å². The number of nitrogens with one attached hydrogen (secondary N) is 1. The van der Waals surface area contributed by atoms with E-state index in [-0.39, 0.29) is 18.8 Å². The summed E-state index contributed by atoms with van der Waals surface area (Å²) in [4.78, 5) is 11.9. The van der Waals surface area contributed by atoms with Gasteiger partial charge in [-0.25, -0.2) is 4.79 Å². The zero-order chi connectivity index (χ0) is 16.2. The summed E-state index contributed by atoms with van der Waals surface area (Å²) < 4.78 is 9.99. The van der Waals surface area contributed by atoms with Crippen LogP contribution < -0.4 is 5.32 Å². The Morgan fingerprint density at radius 2 is 2.23 bits per heavy atom. The lowest BCUT2D eigenvalue weighted by Gasteiger charge is -2.18. The summed E-state index contributed by atoms with van der Waals surface area (Å²) in [6.45, 7) is 1.58. The van der Waals surface area contributed by atoms with Crippen LogP contribution in [-0.4, -0.2) is 44.6 Å². The summed E-state index contributed by atoms with van der Waals surface area (Å²) in [5.74, 6) is -0.608. The Morgan fingerprint density at radius 1 is 1.41 bits per heavy atom. The van der Waals surface area contributed by atoms with E-state index in [1.807, 2.05) is 12.1 Å². The third-order valence-electron chi connectivity index (χ3n) is 3.29. The molecule has 0 spiro atoms. The summed E-state index contributed by atoms with van der Waals surface area (Å²) >= 11 is 0. The van der Waals surface area contributed by atoms with Gasteiger partial charge in [0.05, 0.1) is 6.61 Å². The smallest absolute Gasteiger partial charge is 0.349 e. The minimum Gasteiger partial charge on any atom is -0.461 e. The predicted molar refractivity (Wildman–Crippen MR) is 81.7 cm³/mol. The molecule has 22 heavy (non-hydrogen) atoms. The van der Waals surface area contributed by atoms with Crippen LogP contribution in [0.3, 0.4) is 0 Å². The first kappa shape index (κ1) is 18.2. The van der Waals surface area contributed by atoms with Gasteiger partial charge in [-0.05, 0) is 37.3 Å². The van der Waals surface area contributed by atoms with E-state index in [0.717, 1.165) is 37.1 Å². The van der Waals surface area contributed by atoms with Crippen LogP contribution in [0.4, 0.5) is 0 Å². The SMILES string of the molecule is COCCCNC1=C/C(=C(/C#N)C(=O)OCCCO)CCC1. The van der Waals surface area contributed by atoms with Crippen LogP contribution in [-0.2, 0) is 14.3 Å². The number of allylic oxidation sites excluding steroid dienone is 3. The van der Waals surface area contributed by atoms with E-state index in [9.17, 15) is 10.1 Å². The molecule has 0 aromatic rings. The Balaban J connectivity index is 2.68. The van der Waals surface area contributed by atoms with Gasteiger partial charge >= 0.3 is 5.97 Å². The van der Waals surface area contributed by atoms with E-state index in [2.05, 4.69) is 5.32 Å². The number of nitriles is 1. The summed E-state index contributed by atoms with van der Waals surface area (Å²) in [5, 5.41) is 21.2. The highest BCUT2D eigenvalue weighted by molar-refractivity contribution is 5.94. The largest absolute Gasteiger partial charge is 0.461 e. The standard InChI is InChI=1S/C16H24N2O4/c1-21-9-3-7-18-14-6-2-5-13(11-14)15(12-17)16(20)22-10-4-8-19/h11,18-19H,2-10H2,1H3/b15-13-. The van der Waals surface area contributed by atoms with Crippen molar-refractivity contribution in [3.8, 4) is 6.07 Å². The topological polar surface area (TPSA) is 91.6 Å². The molecule has 0 atom stereocenters. The Hall–Kier alpha value is -1.84. The maximum absolute atomic E-state index is 11.9. The number of rotatable bonds is 9. The first-order valence-electron chi connectivity index (χ1n) is 7.57. The fourth-order valence-corrected chi connectivity index (χ4v) is 2.18. The van der Waals surface area contributed by atoms with Gasteiger partial charge in [-0.3, -0.25) is 0 Å². The van der Waals surface area contributed by atoms with E-state index in [1.165, 1.54) is 0 Å². The maximum Gasteiger partial charge on any atom is 0.349 e. The van der Waals surface area contributed by atoms with E-state index in [1.54, 1.807) is 7.11 Å². The molecule has 0 saturated carbocycles. The molecule has 0 saturated heterocycles. The molecule has 0 radical (unpaired) electrons. The molecule has 0 amide bonds. The van der Waals surface area contributed by atoms with Crippen molar-refractivity contribution in [1.82, 2.24) is 5.32 Å². The van der Waals surface area contributed by atoms with E-state index < -0.39 is 5.97 Å². The van der Waals surface area contributed by atoms with Crippen molar-refractivity contribution < 1.29 is 19.4 Å². The molecule has 122 valence electrons. The second kappa shape index (κ2) is 10.8. The summed E-state index contributed by atoms with van der Waals surface area (Å²) in [6.07, 6.45) is 5.66. The van der Waals surface area contributed by atoms with Crippen molar-refractivity contribution in [1.29, 1.82) is 5.26 Å². The van der Waals surface area contributed by atoms with Crippen molar-refractivity contribution in [3.05, 3.63) is 22.9 Å². The van der Waals surface area contributed by atoms with Gasteiger partial charge in [-0.15, -0.1) is 0 Å². The highest BCUT2D eigenvalue weighted by Crippen LogP contribution is 2.24. The number of methoxy groups -OCH3 is 1. The second-order valence-corrected chi connectivity index (χ2v) is 5.02. The third-order valence-corrected chi connectivity index (χ3v) is 3.29. The highest BCUT2D eigenvalue weighted by atomic mass is 16.5. The van der Waals surface area contributed by atoms with Crippen LogP contribution in [0.5, 0.6) is 0 Å². The van der Waals surface area contributed by atoms with Crippen LogP contribution >= 0.6 is 0 Å². The third kappa shape index (κ3) is 6.29. The van der Waals surface area contributed by atoms with Crippen LogP contribution in [0.2, 0.25) is 0 Å². The summed E-state index contributed by atoms with van der Waals surface area (Å²) in [5.41, 5.74) is 1.82. The van der Waals surface area contributed by atoms with Crippen molar-refractivity contribution in [3.63, 3.8) is 0 Å². The average molecular weight is 308 g/mol. The Kier molecular flexibility index (Phi) is 8.96. The molecule has 0 aromatic carbocycles. The number of hydrogen-bond acceptors (Lipinski definition) is 6. The van der Waals surface area contributed by atoms with Gasteiger partial charge in [0, 0.05) is 39.0 Å². The van der Waals surface area contributed by atoms with Crippen molar-refractivity contribution in [2.24, 2.45) is 0 Å². The van der Waals surface area contributed by atoms with Crippen LogP contribution in [0.25, 0.3) is 0 Å². The number of hydrogen-bond donors (Lipinski definition) is 2. The highest BCUT2D eigenvalue weighted by Gasteiger charge is 2.18. The lowest BCUT2D eigenvalue weighted by molar-refractivity contribution is -0.138. The molecule has 1 aliphatic rings. The summed E-state index contributed by atoms with van der Waals surface area (Å²) in [6, 6.07) is 1.95. The first-order chi connectivity index (χ1) is 10.7. The monoisotopic (exact) mass is 308 g/mol. The molecule has 1 aliphatic carbocycles. The molecule has 0 bridgehead atoms. The van der Waals surface area contributed by atoms with Gasteiger partial charge in [-0.2, -0.15) is 5.26 Å². The lowest BCUT2D eigenvalue weighted by atomic mass is 9.95. The molecule has 0 fully saturated rings. The quantitative estimate of drug-likeness (QED) is 0.290. The molecule has 6 nitrogen and oxygen atoms in total. The Bertz CT molecular complexity index is 463. The van der Waals surface area contributed by atoms with Gasteiger partial charge in [0.15, 0.2) is 0 Å². The number of esters is 1. The van der Waals surface area contributed by atoms with E-state index >= 15 is 0 Å². The number of aliphatic hydroxyl groups is 1. The van der Waals surface area contributed by atoms with Gasteiger partial charge in [-0.1, -0.05) is 0 Å². The predicted octanol–water partition coefficient (Wildman–Crippen LogP) is 1.43. The normalized spacial score (nSPS) is 16.5. The number of carbonyl (C=O) groups is 1. The Morgan fingerprint density at radius 3 is 2.91 bits per heavy atom. The molecule has 0 aliphatic heterocycles. The number of nitrogens with zero attached hydrogens (tertiary/aromatic N) is 1. The fraction of sp³-hybridized carbons (Fsp3) is 0.625. The molecular weight excluding hydrogens is 284 g/mol. The lowest BCUT2D eigenvalue weighted by Crippen LogP contribution is -2.19. The first-order valence-corrected chi connectivity index (χ1v) is 7.57. The zero-order valence-electron chi connectivity index (χ0n) is 13.1. The molecule has 0 heterocycles. The second-order valence-electron chi connectivity index (χ2n) is 5.02. The minimum atomic E-state index is -0.608. The van der Waals surface area contributed by atoms with Gasteiger partial charge < -0.3 is 19.9 Å². The van der Waals surface area contributed by atoms with E-state index in [0.29, 0.717) is 19.4 Å². The van der Waals surface area contributed by atoms with Crippen molar-refractivity contribution in [2.75, 3.05) is 33.5 Å². The molecule has 1 rings (SSSR count). The fourth-order valence-electron chi connectivity index (χ4n) is 2.18. The van der Waals surface area contributed by atoms with Gasteiger partial charge in [0.2, 0.25) is 0 Å². The Labute approximate surface area is 131 Å². The summed E-state index contributed by atoms with van der Waals surface area (Å²) in [7, 11) is 1.67. The minimum absolute atomic E-state index is 0.0405. The molecule has 0 aromatic heterocycles. The molecule has 2 N–H and O–H groups in total. The zero-order valence-corrected chi connectivity index (χ0v) is 13.1. The molecule has 6 heteroatoms. The maximum atomic E-state index is 11.9. The number of carbonyl (C=O) groups excluding carboxylic acids is 1. The molecule has 0 unspecified atom stereocenters. The average Bonchev–Trinajstić information content (AvgIpc) is 2.53.